The van der Waals surface area contributed by atoms with Gasteiger partial charge in [-0.15, -0.1) is 0 Å². The highest BCUT2D eigenvalue weighted by atomic mass is 32.1. The van der Waals surface area contributed by atoms with Crippen molar-refractivity contribution in [3.63, 3.8) is 0 Å². The van der Waals surface area contributed by atoms with Crippen molar-refractivity contribution >= 4 is 11.3 Å². The Balaban J connectivity index is 2.02. The zero-order chi connectivity index (χ0) is 16.6. The number of nitriles is 1. The third kappa shape index (κ3) is 2.69. The molecule has 0 aliphatic rings. The van der Waals surface area contributed by atoms with Gasteiger partial charge >= 0.3 is 0 Å². The van der Waals surface area contributed by atoms with E-state index in [1.165, 1.54) is 4.68 Å². The first kappa shape index (κ1) is 15.2. The van der Waals surface area contributed by atoms with Gasteiger partial charge in [0.2, 0.25) is 5.89 Å². The predicted octanol–water partition coefficient (Wildman–Crippen LogP) is 2.81. The van der Waals surface area contributed by atoms with Crippen molar-refractivity contribution in [3.8, 4) is 17.5 Å². The van der Waals surface area contributed by atoms with Crippen LogP contribution < -0.4 is 5.56 Å². The lowest BCUT2D eigenvalue weighted by atomic mass is 10.1. The van der Waals surface area contributed by atoms with Gasteiger partial charge in [0, 0.05) is 10.9 Å². The summed E-state index contributed by atoms with van der Waals surface area (Å²) in [6.45, 7) is 5.48. The summed E-state index contributed by atoms with van der Waals surface area (Å²) >= 11 is 1.56. The summed E-state index contributed by atoms with van der Waals surface area (Å²) < 4.78 is 6.94. The first-order valence-electron chi connectivity index (χ1n) is 6.98. The van der Waals surface area contributed by atoms with Crippen molar-refractivity contribution in [2.24, 2.45) is 0 Å². The molecule has 0 aromatic carbocycles. The fourth-order valence-corrected chi connectivity index (χ4v) is 2.87. The highest BCUT2D eigenvalue weighted by Crippen LogP contribution is 2.24. The highest BCUT2D eigenvalue weighted by molar-refractivity contribution is 7.08. The average Bonchev–Trinajstić information content (AvgIpc) is 3.16. The molecule has 0 aliphatic carbocycles. The molecule has 0 saturated carbocycles. The zero-order valence-corrected chi connectivity index (χ0v) is 13.8. The van der Waals surface area contributed by atoms with Gasteiger partial charge < -0.3 is 4.42 Å². The number of oxazole rings is 1. The largest absolute Gasteiger partial charge is 0.441 e. The van der Waals surface area contributed by atoms with Gasteiger partial charge in [-0.2, -0.15) is 21.7 Å². The molecule has 3 rings (SSSR count). The molecule has 0 amide bonds. The van der Waals surface area contributed by atoms with E-state index in [1.807, 2.05) is 22.9 Å². The molecule has 0 N–H and O–H groups in total. The molecule has 3 heterocycles. The van der Waals surface area contributed by atoms with Crippen molar-refractivity contribution in [2.75, 3.05) is 0 Å². The Morgan fingerprint density at radius 2 is 2.17 bits per heavy atom. The second-order valence-electron chi connectivity index (χ2n) is 5.19. The minimum atomic E-state index is -0.407. The first-order valence-corrected chi connectivity index (χ1v) is 7.93. The Kier molecular flexibility index (Phi) is 3.84. The molecule has 0 spiro atoms. The van der Waals surface area contributed by atoms with Gasteiger partial charge in [-0.25, -0.2) is 9.67 Å². The SMILES string of the molecule is Cc1nn(Cc2nc(-c3ccsc3)oc2C)c(=O)c(C#N)c1C. The molecule has 7 heteroatoms. The van der Waals surface area contributed by atoms with E-state index in [2.05, 4.69) is 10.1 Å². The van der Waals surface area contributed by atoms with Gasteiger partial charge in [0.25, 0.3) is 5.56 Å². The number of hydrogen-bond acceptors (Lipinski definition) is 6. The van der Waals surface area contributed by atoms with Crippen molar-refractivity contribution in [1.29, 1.82) is 5.26 Å². The third-order valence-electron chi connectivity index (χ3n) is 3.71. The second kappa shape index (κ2) is 5.82. The van der Waals surface area contributed by atoms with Gasteiger partial charge in [0.1, 0.15) is 23.1 Å². The maximum Gasteiger partial charge on any atom is 0.285 e. The van der Waals surface area contributed by atoms with E-state index in [0.29, 0.717) is 28.6 Å². The topological polar surface area (TPSA) is 84.7 Å². The quantitative estimate of drug-likeness (QED) is 0.739. The minimum Gasteiger partial charge on any atom is -0.441 e. The number of rotatable bonds is 3. The summed E-state index contributed by atoms with van der Waals surface area (Å²) in [4.78, 5) is 16.8. The monoisotopic (exact) mass is 326 g/mol. The van der Waals surface area contributed by atoms with E-state index in [0.717, 1.165) is 5.56 Å². The van der Waals surface area contributed by atoms with E-state index in [9.17, 15) is 10.1 Å². The summed E-state index contributed by atoms with van der Waals surface area (Å²) in [7, 11) is 0. The van der Waals surface area contributed by atoms with Gasteiger partial charge in [0.05, 0.1) is 12.2 Å². The van der Waals surface area contributed by atoms with Crippen LogP contribution in [0.1, 0.15) is 28.3 Å². The molecule has 0 unspecified atom stereocenters. The van der Waals surface area contributed by atoms with Crippen LogP contribution in [0, 0.1) is 32.1 Å². The molecule has 3 aromatic rings. The van der Waals surface area contributed by atoms with Crippen molar-refractivity contribution in [3.05, 3.63) is 55.5 Å². The Morgan fingerprint density at radius 1 is 1.39 bits per heavy atom. The second-order valence-corrected chi connectivity index (χ2v) is 5.97. The van der Waals surface area contributed by atoms with Crippen molar-refractivity contribution in [1.82, 2.24) is 14.8 Å². The maximum absolute atomic E-state index is 12.3. The fraction of sp³-hybridized carbons (Fsp3) is 0.250. The summed E-state index contributed by atoms with van der Waals surface area (Å²) in [5.41, 5.74) is 2.52. The molecular formula is C16H14N4O2S. The number of thiophene rings is 1. The lowest BCUT2D eigenvalue weighted by molar-refractivity contribution is 0.533. The molecule has 0 radical (unpaired) electrons. The van der Waals surface area contributed by atoms with Gasteiger partial charge in [-0.05, 0) is 37.8 Å². The van der Waals surface area contributed by atoms with E-state index in [-0.39, 0.29) is 12.1 Å². The molecule has 3 aromatic heterocycles. The van der Waals surface area contributed by atoms with Crippen LogP contribution in [0.4, 0.5) is 0 Å². The maximum atomic E-state index is 12.3. The molecule has 6 nitrogen and oxygen atoms in total. The highest BCUT2D eigenvalue weighted by Gasteiger charge is 2.16. The minimum absolute atomic E-state index is 0.122. The van der Waals surface area contributed by atoms with Crippen LogP contribution in [0.15, 0.2) is 26.0 Å². The molecule has 0 saturated heterocycles. The summed E-state index contributed by atoms with van der Waals surface area (Å²) in [5, 5.41) is 17.3. The van der Waals surface area contributed by atoms with E-state index in [4.69, 9.17) is 4.42 Å². The van der Waals surface area contributed by atoms with E-state index in [1.54, 1.807) is 32.1 Å². The molecule has 0 aliphatic heterocycles. The Hall–Kier alpha value is -2.72. The van der Waals surface area contributed by atoms with E-state index < -0.39 is 5.56 Å². The number of aryl methyl sites for hydroxylation is 2. The number of hydrogen-bond donors (Lipinski definition) is 0. The van der Waals surface area contributed by atoms with Crippen LogP contribution in [0.2, 0.25) is 0 Å². The van der Waals surface area contributed by atoms with Crippen molar-refractivity contribution < 1.29 is 4.42 Å². The van der Waals surface area contributed by atoms with Gasteiger partial charge in [-0.1, -0.05) is 0 Å². The lowest BCUT2D eigenvalue weighted by Crippen LogP contribution is -2.28. The summed E-state index contributed by atoms with van der Waals surface area (Å²) in [5.74, 6) is 1.16. The van der Waals surface area contributed by atoms with Crippen LogP contribution in [0.25, 0.3) is 11.5 Å². The van der Waals surface area contributed by atoms with Crippen LogP contribution in [-0.4, -0.2) is 14.8 Å². The molecule has 0 atom stereocenters. The number of aromatic nitrogens is 3. The molecule has 0 bridgehead atoms. The third-order valence-corrected chi connectivity index (χ3v) is 4.39. The normalized spacial score (nSPS) is 10.7. The Morgan fingerprint density at radius 3 is 2.83 bits per heavy atom. The van der Waals surface area contributed by atoms with Crippen LogP contribution in [0.5, 0.6) is 0 Å². The van der Waals surface area contributed by atoms with E-state index >= 15 is 0 Å². The summed E-state index contributed by atoms with van der Waals surface area (Å²) in [6.07, 6.45) is 0. The van der Waals surface area contributed by atoms with Gasteiger partial charge in [0.15, 0.2) is 0 Å². The number of nitrogens with zero attached hydrogens (tertiary/aromatic N) is 4. The average molecular weight is 326 g/mol. The van der Waals surface area contributed by atoms with Crippen molar-refractivity contribution in [2.45, 2.75) is 27.3 Å². The van der Waals surface area contributed by atoms with Crippen LogP contribution in [0.3, 0.4) is 0 Å². The lowest BCUT2D eigenvalue weighted by Gasteiger charge is -2.07. The van der Waals surface area contributed by atoms with Gasteiger partial charge in [-0.3, -0.25) is 4.79 Å². The zero-order valence-electron chi connectivity index (χ0n) is 13.0. The molecule has 23 heavy (non-hydrogen) atoms. The standard InChI is InChI=1S/C16H14N4O2S/c1-9-10(2)19-20(16(21)13(9)6-17)7-14-11(3)22-15(18-14)12-4-5-23-8-12/h4-5,8H,7H2,1-3H3. The Labute approximate surface area is 136 Å². The molecular weight excluding hydrogens is 312 g/mol. The first-order chi connectivity index (χ1) is 11.0. The Bertz CT molecular complexity index is 961. The molecule has 116 valence electrons. The predicted molar refractivity (Wildman–Crippen MR) is 86.3 cm³/mol. The molecule has 0 fully saturated rings. The van der Waals surface area contributed by atoms with Crippen LogP contribution in [-0.2, 0) is 6.54 Å². The summed E-state index contributed by atoms with van der Waals surface area (Å²) in [6, 6.07) is 3.88. The van der Waals surface area contributed by atoms with Crippen LogP contribution >= 0.6 is 11.3 Å². The smallest absolute Gasteiger partial charge is 0.285 e. The fourth-order valence-electron chi connectivity index (χ4n) is 2.24.